The molecule has 0 bridgehead atoms. The molecule has 0 radical (unpaired) electrons. The summed E-state index contributed by atoms with van der Waals surface area (Å²) in [4.78, 5) is 11.5. The number of carbonyl (C=O) groups is 1. The number of aromatic nitrogens is 1. The van der Waals surface area contributed by atoms with Gasteiger partial charge < -0.3 is 4.74 Å². The Morgan fingerprint density at radius 3 is 2.47 bits per heavy atom. The van der Waals surface area contributed by atoms with Crippen LogP contribution in [0.25, 0.3) is 0 Å². The van der Waals surface area contributed by atoms with Gasteiger partial charge in [-0.15, -0.1) is 0 Å². The van der Waals surface area contributed by atoms with E-state index in [1.807, 2.05) is 19.3 Å². The van der Waals surface area contributed by atoms with Gasteiger partial charge in [0.25, 0.3) is 0 Å². The Kier molecular flexibility index (Phi) is 4.40. The monoisotopic (exact) mass is 209 g/mol. The van der Waals surface area contributed by atoms with Crippen LogP contribution in [0.4, 0.5) is 4.79 Å². The van der Waals surface area contributed by atoms with Crippen molar-refractivity contribution in [2.45, 2.75) is 40.0 Å². The summed E-state index contributed by atoms with van der Waals surface area (Å²) in [7, 11) is 0. The predicted molar refractivity (Wildman–Crippen MR) is 60.2 cm³/mol. The zero-order chi connectivity index (χ0) is 11.3. The standard InChI is InChI=1S/C12H19NO2/c1-4-7-11-9-13(8-10(11)5-2)12(14)15-6-3/h8-9H,4-7H2,1-3H3. The number of rotatable bonds is 4. The highest BCUT2D eigenvalue weighted by atomic mass is 16.5. The summed E-state index contributed by atoms with van der Waals surface area (Å²) in [5.74, 6) is 0. The normalized spacial score (nSPS) is 10.3. The molecule has 0 aliphatic heterocycles. The second-order valence-corrected chi connectivity index (χ2v) is 3.52. The first kappa shape index (κ1) is 11.8. The van der Waals surface area contributed by atoms with Crippen molar-refractivity contribution < 1.29 is 9.53 Å². The maximum atomic E-state index is 11.5. The van der Waals surface area contributed by atoms with Gasteiger partial charge >= 0.3 is 6.09 Å². The Labute approximate surface area is 91.0 Å². The molecule has 1 aromatic heterocycles. The lowest BCUT2D eigenvalue weighted by molar-refractivity contribution is 0.154. The molecule has 0 fully saturated rings. The molecule has 0 aliphatic carbocycles. The van der Waals surface area contributed by atoms with Crippen LogP contribution in [0.15, 0.2) is 12.4 Å². The van der Waals surface area contributed by atoms with E-state index in [1.165, 1.54) is 11.1 Å². The van der Waals surface area contributed by atoms with E-state index in [0.29, 0.717) is 6.61 Å². The number of hydrogen-bond acceptors (Lipinski definition) is 2. The lowest BCUT2D eigenvalue weighted by Crippen LogP contribution is -2.11. The molecular formula is C12H19NO2. The maximum Gasteiger partial charge on any atom is 0.417 e. The van der Waals surface area contributed by atoms with Crippen molar-refractivity contribution in [3.8, 4) is 0 Å². The minimum absolute atomic E-state index is 0.283. The second-order valence-electron chi connectivity index (χ2n) is 3.52. The van der Waals surface area contributed by atoms with Gasteiger partial charge in [-0.25, -0.2) is 4.79 Å². The molecule has 0 N–H and O–H groups in total. The van der Waals surface area contributed by atoms with Crippen molar-refractivity contribution in [1.82, 2.24) is 4.57 Å². The summed E-state index contributed by atoms with van der Waals surface area (Å²) in [6, 6.07) is 0. The molecule has 0 amide bonds. The summed E-state index contributed by atoms with van der Waals surface area (Å²) in [6.07, 6.45) is 6.56. The van der Waals surface area contributed by atoms with Crippen molar-refractivity contribution in [1.29, 1.82) is 0 Å². The Morgan fingerprint density at radius 2 is 1.93 bits per heavy atom. The van der Waals surface area contributed by atoms with E-state index >= 15 is 0 Å². The molecule has 0 aromatic carbocycles. The topological polar surface area (TPSA) is 31.2 Å². The molecule has 3 heteroatoms. The zero-order valence-corrected chi connectivity index (χ0v) is 9.75. The lowest BCUT2D eigenvalue weighted by atomic mass is 10.1. The van der Waals surface area contributed by atoms with Crippen LogP contribution in [0.2, 0.25) is 0 Å². The molecule has 0 spiro atoms. The summed E-state index contributed by atoms with van der Waals surface area (Å²) >= 11 is 0. The molecule has 0 saturated carbocycles. The Balaban J connectivity index is 2.86. The average Bonchev–Trinajstić information content (AvgIpc) is 2.62. The van der Waals surface area contributed by atoms with Gasteiger partial charge in [0.15, 0.2) is 0 Å². The van der Waals surface area contributed by atoms with Crippen LogP contribution in [0.1, 0.15) is 38.3 Å². The van der Waals surface area contributed by atoms with Gasteiger partial charge in [0.05, 0.1) is 6.61 Å². The summed E-state index contributed by atoms with van der Waals surface area (Å²) in [6.45, 7) is 6.47. The van der Waals surface area contributed by atoms with Crippen LogP contribution in [-0.4, -0.2) is 17.3 Å². The highest BCUT2D eigenvalue weighted by Crippen LogP contribution is 2.14. The number of ether oxygens (including phenoxy) is 1. The molecule has 0 saturated heterocycles. The number of hydrogen-bond donors (Lipinski definition) is 0. The average molecular weight is 209 g/mol. The fourth-order valence-corrected chi connectivity index (χ4v) is 1.66. The second kappa shape index (κ2) is 5.59. The van der Waals surface area contributed by atoms with Crippen LogP contribution in [0, 0.1) is 0 Å². The van der Waals surface area contributed by atoms with E-state index in [1.54, 1.807) is 4.57 Å². The molecule has 3 nitrogen and oxygen atoms in total. The fraction of sp³-hybridized carbons (Fsp3) is 0.583. The van der Waals surface area contributed by atoms with Crippen molar-refractivity contribution >= 4 is 6.09 Å². The first-order chi connectivity index (χ1) is 7.22. The number of aryl methyl sites for hydroxylation is 2. The molecule has 0 aliphatic rings. The Morgan fingerprint density at radius 1 is 1.27 bits per heavy atom. The number of carbonyl (C=O) groups excluding carboxylic acids is 1. The lowest BCUT2D eigenvalue weighted by Gasteiger charge is -2.00. The third-order valence-electron chi connectivity index (χ3n) is 2.38. The molecule has 1 rings (SSSR count). The quantitative estimate of drug-likeness (QED) is 0.763. The minimum Gasteiger partial charge on any atom is -0.449 e. The van der Waals surface area contributed by atoms with Crippen LogP contribution >= 0.6 is 0 Å². The molecule has 15 heavy (non-hydrogen) atoms. The van der Waals surface area contributed by atoms with Crippen LogP contribution in [0.5, 0.6) is 0 Å². The molecule has 0 unspecified atom stereocenters. The van der Waals surface area contributed by atoms with E-state index in [0.717, 1.165) is 19.3 Å². The summed E-state index contributed by atoms with van der Waals surface area (Å²) in [5, 5.41) is 0. The molecule has 84 valence electrons. The van der Waals surface area contributed by atoms with Crippen molar-refractivity contribution in [3.05, 3.63) is 23.5 Å². The third kappa shape index (κ3) is 2.85. The van der Waals surface area contributed by atoms with E-state index in [4.69, 9.17) is 4.74 Å². The van der Waals surface area contributed by atoms with Gasteiger partial charge in [-0.05, 0) is 30.9 Å². The largest absolute Gasteiger partial charge is 0.449 e. The molecule has 1 heterocycles. The van der Waals surface area contributed by atoms with Gasteiger partial charge in [0, 0.05) is 12.4 Å². The van der Waals surface area contributed by atoms with Crippen molar-refractivity contribution in [2.75, 3.05) is 6.61 Å². The SMILES string of the molecule is CCCc1cn(C(=O)OCC)cc1CC. The smallest absolute Gasteiger partial charge is 0.417 e. The minimum atomic E-state index is -0.283. The Bertz CT molecular complexity index is 328. The first-order valence-electron chi connectivity index (χ1n) is 5.59. The highest BCUT2D eigenvalue weighted by Gasteiger charge is 2.09. The van der Waals surface area contributed by atoms with Gasteiger partial charge in [-0.3, -0.25) is 4.57 Å². The van der Waals surface area contributed by atoms with Gasteiger partial charge in [0.1, 0.15) is 0 Å². The van der Waals surface area contributed by atoms with Crippen LogP contribution in [0.3, 0.4) is 0 Å². The van der Waals surface area contributed by atoms with E-state index in [9.17, 15) is 4.79 Å². The van der Waals surface area contributed by atoms with Gasteiger partial charge in [-0.1, -0.05) is 20.3 Å². The zero-order valence-electron chi connectivity index (χ0n) is 9.75. The van der Waals surface area contributed by atoms with Gasteiger partial charge in [-0.2, -0.15) is 0 Å². The fourth-order valence-electron chi connectivity index (χ4n) is 1.66. The summed E-state index contributed by atoms with van der Waals surface area (Å²) in [5.41, 5.74) is 2.50. The molecular weight excluding hydrogens is 190 g/mol. The predicted octanol–water partition coefficient (Wildman–Crippen LogP) is 3.01. The highest BCUT2D eigenvalue weighted by molar-refractivity contribution is 5.71. The maximum absolute atomic E-state index is 11.5. The van der Waals surface area contributed by atoms with E-state index in [2.05, 4.69) is 13.8 Å². The molecule has 0 atom stereocenters. The van der Waals surface area contributed by atoms with E-state index in [-0.39, 0.29) is 6.09 Å². The third-order valence-corrected chi connectivity index (χ3v) is 2.38. The van der Waals surface area contributed by atoms with Crippen molar-refractivity contribution in [2.24, 2.45) is 0 Å². The Hall–Kier alpha value is -1.25. The molecule has 1 aromatic rings. The van der Waals surface area contributed by atoms with Crippen LogP contribution in [-0.2, 0) is 17.6 Å². The van der Waals surface area contributed by atoms with Crippen LogP contribution < -0.4 is 0 Å². The number of nitrogens with zero attached hydrogens (tertiary/aromatic N) is 1. The van der Waals surface area contributed by atoms with E-state index < -0.39 is 0 Å². The van der Waals surface area contributed by atoms with Crippen molar-refractivity contribution in [3.63, 3.8) is 0 Å². The first-order valence-corrected chi connectivity index (χ1v) is 5.59. The van der Waals surface area contributed by atoms with Gasteiger partial charge in [0.2, 0.25) is 0 Å². The summed E-state index contributed by atoms with van der Waals surface area (Å²) < 4.78 is 6.49.